The van der Waals surface area contributed by atoms with Crippen molar-refractivity contribution in [2.24, 2.45) is 0 Å². The number of esters is 1. The second-order valence-corrected chi connectivity index (χ2v) is 6.36. The standard InChI is InChI=1S/C21H25FO6/c1-14-9-10-17(22)18(23)8-6-4-5-7-15-11-16(26-3)12-19(27-13-25-2)20(15)21(24)28-14/h5,7,10-12,14H,4,6,8-9,13H2,1-3H3/b7-5?,17-10+/t14-/m0/s1. The number of rotatable bonds is 4. The van der Waals surface area contributed by atoms with Gasteiger partial charge in [0.15, 0.2) is 18.4 Å². The molecule has 0 unspecified atom stereocenters. The van der Waals surface area contributed by atoms with Gasteiger partial charge in [0.25, 0.3) is 0 Å². The van der Waals surface area contributed by atoms with Crippen LogP contribution in [-0.2, 0) is 14.3 Å². The Morgan fingerprint density at radius 1 is 1.25 bits per heavy atom. The lowest BCUT2D eigenvalue weighted by Crippen LogP contribution is -2.17. The van der Waals surface area contributed by atoms with Crippen molar-refractivity contribution in [3.8, 4) is 11.5 Å². The highest BCUT2D eigenvalue weighted by molar-refractivity contribution is 5.97. The molecule has 1 atom stereocenters. The molecule has 1 aromatic carbocycles. The minimum absolute atomic E-state index is 0.0534. The zero-order valence-electron chi connectivity index (χ0n) is 16.3. The first-order valence-electron chi connectivity index (χ1n) is 9.06. The number of carbonyl (C=O) groups excluding carboxylic acids is 2. The number of carbonyl (C=O) groups is 2. The Bertz CT molecular complexity index is 768. The number of Topliss-reactive ketones (excluding diaryl/α,β-unsaturated/α-hetero) is 1. The van der Waals surface area contributed by atoms with Crippen molar-refractivity contribution in [1.82, 2.24) is 0 Å². The number of fused-ring (bicyclic) bond motifs is 1. The molecule has 2 rings (SSSR count). The Balaban J connectivity index is 2.45. The van der Waals surface area contributed by atoms with E-state index in [0.717, 1.165) is 0 Å². The summed E-state index contributed by atoms with van der Waals surface area (Å²) in [4.78, 5) is 24.6. The minimum Gasteiger partial charge on any atom is -0.497 e. The first-order chi connectivity index (χ1) is 13.5. The number of allylic oxidation sites excluding steroid dienone is 2. The maximum atomic E-state index is 13.8. The van der Waals surface area contributed by atoms with E-state index in [2.05, 4.69) is 0 Å². The molecule has 1 aliphatic heterocycles. The predicted octanol–water partition coefficient (Wildman–Crippen LogP) is 4.23. The number of halogens is 1. The van der Waals surface area contributed by atoms with Crippen LogP contribution in [0, 0.1) is 0 Å². The lowest BCUT2D eigenvalue weighted by Gasteiger charge is -2.17. The average Bonchev–Trinajstić information content (AvgIpc) is 2.68. The molecule has 0 saturated carbocycles. The number of hydrogen-bond donors (Lipinski definition) is 0. The zero-order valence-corrected chi connectivity index (χ0v) is 16.3. The fourth-order valence-electron chi connectivity index (χ4n) is 2.70. The van der Waals surface area contributed by atoms with Gasteiger partial charge >= 0.3 is 5.97 Å². The van der Waals surface area contributed by atoms with E-state index in [1.807, 2.05) is 6.08 Å². The van der Waals surface area contributed by atoms with Crippen molar-refractivity contribution >= 4 is 17.8 Å². The van der Waals surface area contributed by atoms with E-state index in [1.165, 1.54) is 20.3 Å². The number of methoxy groups -OCH3 is 2. The van der Waals surface area contributed by atoms with Gasteiger partial charge < -0.3 is 18.9 Å². The lowest BCUT2D eigenvalue weighted by atomic mass is 10.0. The summed E-state index contributed by atoms with van der Waals surface area (Å²) in [5.74, 6) is -1.17. The van der Waals surface area contributed by atoms with E-state index in [0.29, 0.717) is 24.2 Å². The van der Waals surface area contributed by atoms with E-state index in [4.69, 9.17) is 18.9 Å². The molecule has 1 aliphatic rings. The highest BCUT2D eigenvalue weighted by Gasteiger charge is 2.22. The molecule has 0 aliphatic carbocycles. The molecule has 0 radical (unpaired) electrons. The summed E-state index contributed by atoms with van der Waals surface area (Å²) < 4.78 is 35.1. The Kier molecular flexibility index (Phi) is 8.19. The molecule has 7 heteroatoms. The molecule has 0 amide bonds. The molecule has 0 N–H and O–H groups in total. The molecular weight excluding hydrogens is 367 g/mol. The molecular formula is C21H25FO6. The topological polar surface area (TPSA) is 71.1 Å². The summed E-state index contributed by atoms with van der Waals surface area (Å²) in [5, 5.41) is 0. The fourth-order valence-corrected chi connectivity index (χ4v) is 2.70. The molecule has 0 bridgehead atoms. The average molecular weight is 392 g/mol. The van der Waals surface area contributed by atoms with Crippen LogP contribution < -0.4 is 9.47 Å². The van der Waals surface area contributed by atoms with Gasteiger partial charge in [-0.2, -0.15) is 0 Å². The first-order valence-corrected chi connectivity index (χ1v) is 9.06. The van der Waals surface area contributed by atoms with E-state index in [9.17, 15) is 14.0 Å². The van der Waals surface area contributed by atoms with Gasteiger partial charge in [-0.15, -0.1) is 0 Å². The third-order valence-electron chi connectivity index (χ3n) is 4.15. The number of ketones is 1. The van der Waals surface area contributed by atoms with Crippen LogP contribution in [0.25, 0.3) is 6.08 Å². The summed E-state index contributed by atoms with van der Waals surface area (Å²) >= 11 is 0. The highest BCUT2D eigenvalue weighted by atomic mass is 19.1. The Hall–Kier alpha value is -2.67. The SMILES string of the molecule is COCOc1cc(OC)cc2c1C(=O)O[C@@H](C)C/C=C(/F)C(=O)CCCC=C2. The van der Waals surface area contributed by atoms with Crippen molar-refractivity contribution < 1.29 is 32.9 Å². The van der Waals surface area contributed by atoms with Crippen LogP contribution in [0.3, 0.4) is 0 Å². The normalized spacial score (nSPS) is 20.4. The maximum Gasteiger partial charge on any atom is 0.342 e. The van der Waals surface area contributed by atoms with Crippen LogP contribution in [0.4, 0.5) is 4.39 Å². The van der Waals surface area contributed by atoms with Crippen LogP contribution in [0.1, 0.15) is 48.5 Å². The van der Waals surface area contributed by atoms with Crippen molar-refractivity contribution in [2.45, 2.75) is 38.7 Å². The Morgan fingerprint density at radius 2 is 2.04 bits per heavy atom. The number of cyclic esters (lactones) is 1. The summed E-state index contributed by atoms with van der Waals surface area (Å²) in [5.41, 5.74) is 0.797. The number of ether oxygens (including phenoxy) is 4. The Morgan fingerprint density at radius 3 is 2.75 bits per heavy atom. The van der Waals surface area contributed by atoms with Gasteiger partial charge in [0.1, 0.15) is 23.2 Å². The van der Waals surface area contributed by atoms with Gasteiger partial charge in [-0.3, -0.25) is 4.79 Å². The molecule has 6 nitrogen and oxygen atoms in total. The van der Waals surface area contributed by atoms with E-state index < -0.39 is 23.7 Å². The maximum absolute atomic E-state index is 13.8. The van der Waals surface area contributed by atoms with Gasteiger partial charge in [-0.1, -0.05) is 12.2 Å². The first kappa shape index (κ1) is 21.6. The fraction of sp³-hybridized carbons (Fsp3) is 0.429. The molecule has 0 fully saturated rings. The van der Waals surface area contributed by atoms with Gasteiger partial charge in [-0.05, 0) is 37.5 Å². The third-order valence-corrected chi connectivity index (χ3v) is 4.15. The summed E-state index contributed by atoms with van der Waals surface area (Å²) in [7, 11) is 2.99. The second-order valence-electron chi connectivity index (χ2n) is 6.36. The van der Waals surface area contributed by atoms with Crippen LogP contribution >= 0.6 is 0 Å². The second kappa shape index (κ2) is 10.6. The molecule has 152 valence electrons. The molecule has 1 aromatic rings. The monoisotopic (exact) mass is 392 g/mol. The molecule has 0 spiro atoms. The Labute approximate surface area is 163 Å². The van der Waals surface area contributed by atoms with Crippen molar-refractivity contribution in [1.29, 1.82) is 0 Å². The number of benzene rings is 1. The molecule has 0 aromatic heterocycles. The smallest absolute Gasteiger partial charge is 0.342 e. The molecule has 28 heavy (non-hydrogen) atoms. The largest absolute Gasteiger partial charge is 0.497 e. The quantitative estimate of drug-likeness (QED) is 0.564. The lowest BCUT2D eigenvalue weighted by molar-refractivity contribution is -0.117. The van der Waals surface area contributed by atoms with Crippen LogP contribution in [0.15, 0.2) is 30.1 Å². The minimum atomic E-state index is -0.793. The van der Waals surface area contributed by atoms with Gasteiger partial charge in [0.05, 0.1) is 7.11 Å². The van der Waals surface area contributed by atoms with Gasteiger partial charge in [0.2, 0.25) is 0 Å². The summed E-state index contributed by atoms with van der Waals surface area (Å²) in [6, 6.07) is 3.28. The molecule has 1 heterocycles. The van der Waals surface area contributed by atoms with Crippen molar-refractivity contribution in [3.05, 3.63) is 41.2 Å². The van der Waals surface area contributed by atoms with Crippen LogP contribution in [-0.4, -0.2) is 38.9 Å². The van der Waals surface area contributed by atoms with Crippen molar-refractivity contribution in [2.75, 3.05) is 21.0 Å². The number of hydrogen-bond acceptors (Lipinski definition) is 6. The predicted molar refractivity (Wildman–Crippen MR) is 102 cm³/mol. The van der Waals surface area contributed by atoms with E-state index >= 15 is 0 Å². The van der Waals surface area contributed by atoms with E-state index in [1.54, 1.807) is 25.1 Å². The summed E-state index contributed by atoms with van der Waals surface area (Å²) in [6.45, 7) is 1.58. The van der Waals surface area contributed by atoms with Crippen molar-refractivity contribution in [3.63, 3.8) is 0 Å². The van der Waals surface area contributed by atoms with E-state index in [-0.39, 0.29) is 30.9 Å². The molecule has 0 saturated heterocycles. The highest BCUT2D eigenvalue weighted by Crippen LogP contribution is 2.31. The van der Waals surface area contributed by atoms with Gasteiger partial charge in [0, 0.05) is 26.0 Å². The third kappa shape index (κ3) is 5.92. The summed E-state index contributed by atoms with van der Waals surface area (Å²) in [6.07, 6.45) is 5.37. The zero-order chi connectivity index (χ0) is 20.5. The van der Waals surface area contributed by atoms with Gasteiger partial charge in [-0.25, -0.2) is 9.18 Å². The van der Waals surface area contributed by atoms with Crippen LogP contribution in [0.2, 0.25) is 0 Å². The van der Waals surface area contributed by atoms with Crippen LogP contribution in [0.5, 0.6) is 11.5 Å².